The summed E-state index contributed by atoms with van der Waals surface area (Å²) in [5.41, 5.74) is 1.83. The fourth-order valence-corrected chi connectivity index (χ4v) is 4.25. The molecule has 7 heteroatoms. The van der Waals surface area contributed by atoms with Crippen molar-refractivity contribution in [3.05, 3.63) is 64.7 Å². The average Bonchev–Trinajstić information content (AvgIpc) is 3.36. The first-order valence-corrected chi connectivity index (χ1v) is 10.2. The van der Waals surface area contributed by atoms with Crippen molar-refractivity contribution in [2.45, 2.75) is 31.9 Å². The summed E-state index contributed by atoms with van der Waals surface area (Å²) < 4.78 is 10.9. The molecule has 2 aliphatic rings. The summed E-state index contributed by atoms with van der Waals surface area (Å²) in [5.74, 6) is -0.926. The number of phenols is 1. The molecule has 0 aromatic heterocycles. The van der Waals surface area contributed by atoms with Gasteiger partial charge in [-0.15, -0.1) is 0 Å². The van der Waals surface area contributed by atoms with Gasteiger partial charge >= 0.3 is 0 Å². The highest BCUT2D eigenvalue weighted by atomic mass is 16.5. The molecule has 0 spiro atoms. The quantitative estimate of drug-likeness (QED) is 0.435. The van der Waals surface area contributed by atoms with Crippen LogP contribution < -0.4 is 4.74 Å². The number of hydrogen-bond donors (Lipinski definition) is 2. The summed E-state index contributed by atoms with van der Waals surface area (Å²) >= 11 is 0. The van der Waals surface area contributed by atoms with E-state index in [1.807, 2.05) is 0 Å². The van der Waals surface area contributed by atoms with Gasteiger partial charge in [-0.1, -0.05) is 12.1 Å². The van der Waals surface area contributed by atoms with Gasteiger partial charge in [0.15, 0.2) is 0 Å². The predicted octanol–water partition coefficient (Wildman–Crippen LogP) is 3.31. The van der Waals surface area contributed by atoms with Crippen molar-refractivity contribution in [2.24, 2.45) is 0 Å². The second-order valence-electron chi connectivity index (χ2n) is 7.86. The van der Waals surface area contributed by atoms with Gasteiger partial charge in [-0.3, -0.25) is 9.59 Å². The molecule has 0 bridgehead atoms. The summed E-state index contributed by atoms with van der Waals surface area (Å²) in [6.45, 7) is 2.69. The minimum atomic E-state index is -0.772. The molecule has 7 nitrogen and oxygen atoms in total. The van der Waals surface area contributed by atoms with Crippen LogP contribution in [0, 0.1) is 6.92 Å². The van der Waals surface area contributed by atoms with E-state index in [0.29, 0.717) is 29.0 Å². The summed E-state index contributed by atoms with van der Waals surface area (Å²) in [7, 11) is 1.55. The second kappa shape index (κ2) is 8.43. The van der Waals surface area contributed by atoms with Gasteiger partial charge in [0, 0.05) is 18.7 Å². The van der Waals surface area contributed by atoms with Crippen LogP contribution in [0.5, 0.6) is 11.5 Å². The maximum atomic E-state index is 13.1. The van der Waals surface area contributed by atoms with Gasteiger partial charge in [0.25, 0.3) is 11.7 Å². The molecule has 2 saturated heterocycles. The summed E-state index contributed by atoms with van der Waals surface area (Å²) in [4.78, 5) is 27.5. The number of amides is 1. The van der Waals surface area contributed by atoms with Crippen LogP contribution >= 0.6 is 0 Å². The minimum Gasteiger partial charge on any atom is -0.508 e. The number of phenolic OH excluding ortho intramolecular Hbond substituents is 1. The molecule has 2 N–H and O–H groups in total. The normalized spacial score (nSPS) is 22.8. The zero-order chi connectivity index (χ0) is 22.1. The molecule has 2 fully saturated rings. The van der Waals surface area contributed by atoms with E-state index in [1.54, 1.807) is 44.4 Å². The van der Waals surface area contributed by atoms with E-state index in [1.165, 1.54) is 17.0 Å². The molecule has 31 heavy (non-hydrogen) atoms. The molecule has 162 valence electrons. The highest BCUT2D eigenvalue weighted by molar-refractivity contribution is 6.46. The van der Waals surface area contributed by atoms with Gasteiger partial charge in [-0.2, -0.15) is 0 Å². The number of aliphatic hydroxyl groups excluding tert-OH is 1. The molecule has 2 atom stereocenters. The number of methoxy groups -OCH3 is 1. The molecule has 2 unspecified atom stereocenters. The van der Waals surface area contributed by atoms with Gasteiger partial charge in [-0.05, 0) is 61.2 Å². The van der Waals surface area contributed by atoms with E-state index in [4.69, 9.17) is 9.47 Å². The number of rotatable bonds is 5. The van der Waals surface area contributed by atoms with Crippen LogP contribution in [-0.4, -0.2) is 53.2 Å². The fraction of sp³-hybridized carbons (Fsp3) is 0.333. The van der Waals surface area contributed by atoms with Crippen molar-refractivity contribution in [3.8, 4) is 11.5 Å². The van der Waals surface area contributed by atoms with Gasteiger partial charge in [0.2, 0.25) is 0 Å². The van der Waals surface area contributed by atoms with Gasteiger partial charge < -0.3 is 24.6 Å². The third-order valence-electron chi connectivity index (χ3n) is 5.86. The monoisotopic (exact) mass is 423 g/mol. The van der Waals surface area contributed by atoms with Crippen LogP contribution in [0.25, 0.3) is 5.76 Å². The topological polar surface area (TPSA) is 96.3 Å². The molecule has 4 rings (SSSR count). The van der Waals surface area contributed by atoms with Crippen molar-refractivity contribution in [1.82, 2.24) is 4.90 Å². The molecule has 0 radical (unpaired) electrons. The van der Waals surface area contributed by atoms with Gasteiger partial charge in [0.1, 0.15) is 17.3 Å². The highest BCUT2D eigenvalue weighted by Gasteiger charge is 2.47. The molecule has 2 aliphatic heterocycles. The molecule has 0 saturated carbocycles. The number of carbonyl (C=O) groups excluding carboxylic acids is 2. The number of ether oxygens (including phenoxy) is 2. The molecule has 1 amide bonds. The van der Waals surface area contributed by atoms with E-state index in [9.17, 15) is 19.8 Å². The van der Waals surface area contributed by atoms with Crippen molar-refractivity contribution in [2.75, 3.05) is 20.3 Å². The lowest BCUT2D eigenvalue weighted by molar-refractivity contribution is -0.140. The van der Waals surface area contributed by atoms with E-state index in [0.717, 1.165) is 12.8 Å². The molecule has 2 aromatic carbocycles. The first kappa shape index (κ1) is 20.9. The lowest BCUT2D eigenvalue weighted by Crippen LogP contribution is -2.36. The zero-order valence-electron chi connectivity index (χ0n) is 17.5. The van der Waals surface area contributed by atoms with Crippen molar-refractivity contribution in [3.63, 3.8) is 0 Å². The Bertz CT molecular complexity index is 1040. The van der Waals surface area contributed by atoms with E-state index in [-0.39, 0.29) is 29.7 Å². The van der Waals surface area contributed by atoms with Crippen molar-refractivity contribution in [1.29, 1.82) is 0 Å². The number of aromatic hydroxyl groups is 1. The van der Waals surface area contributed by atoms with Crippen LogP contribution in [-0.2, 0) is 14.3 Å². The summed E-state index contributed by atoms with van der Waals surface area (Å²) in [6.07, 6.45) is 1.56. The summed E-state index contributed by atoms with van der Waals surface area (Å²) in [6, 6.07) is 10.7. The van der Waals surface area contributed by atoms with E-state index in [2.05, 4.69) is 0 Å². The SMILES string of the molecule is COc1ccc(/C(O)=C2/C(=O)C(=O)N(CC3CCCO3)C2c2ccc(O)cc2)c(C)c1. The number of aliphatic hydroxyl groups is 1. The van der Waals surface area contributed by atoms with Crippen LogP contribution in [0.4, 0.5) is 0 Å². The average molecular weight is 423 g/mol. The molecule has 2 heterocycles. The number of aryl methyl sites for hydroxylation is 1. The zero-order valence-corrected chi connectivity index (χ0v) is 17.5. The predicted molar refractivity (Wildman–Crippen MR) is 114 cm³/mol. The van der Waals surface area contributed by atoms with Crippen molar-refractivity contribution < 1.29 is 29.3 Å². The van der Waals surface area contributed by atoms with Gasteiger partial charge in [0.05, 0.1) is 24.8 Å². The smallest absolute Gasteiger partial charge is 0.295 e. The highest BCUT2D eigenvalue weighted by Crippen LogP contribution is 2.41. The third kappa shape index (κ3) is 3.88. The standard InChI is InChI=1S/C24H25NO6/c1-14-12-17(30-2)9-10-19(14)22(27)20-21(15-5-7-16(26)8-6-15)25(24(29)23(20)28)13-18-4-3-11-31-18/h5-10,12,18,21,26-27H,3-4,11,13H2,1-2H3/b22-20-. The first-order valence-electron chi connectivity index (χ1n) is 10.2. The minimum absolute atomic E-state index is 0.0296. The van der Waals surface area contributed by atoms with E-state index < -0.39 is 17.7 Å². The lowest BCUT2D eigenvalue weighted by Gasteiger charge is -2.27. The molecular weight excluding hydrogens is 398 g/mol. The number of benzene rings is 2. The Morgan fingerprint density at radius 1 is 1.19 bits per heavy atom. The number of hydrogen-bond acceptors (Lipinski definition) is 6. The fourth-order valence-electron chi connectivity index (χ4n) is 4.25. The summed E-state index contributed by atoms with van der Waals surface area (Å²) in [5, 5.41) is 20.9. The van der Waals surface area contributed by atoms with Crippen LogP contribution in [0.3, 0.4) is 0 Å². The number of carbonyl (C=O) groups is 2. The third-order valence-corrected chi connectivity index (χ3v) is 5.86. The first-order chi connectivity index (χ1) is 14.9. The Kier molecular flexibility index (Phi) is 5.69. The Labute approximate surface area is 180 Å². The molecular formula is C24H25NO6. The lowest BCUT2D eigenvalue weighted by atomic mass is 9.93. The second-order valence-corrected chi connectivity index (χ2v) is 7.86. The van der Waals surface area contributed by atoms with Gasteiger partial charge in [-0.25, -0.2) is 0 Å². The Morgan fingerprint density at radius 2 is 1.94 bits per heavy atom. The number of nitrogens with zero attached hydrogens (tertiary/aromatic N) is 1. The molecule has 2 aromatic rings. The Morgan fingerprint density at radius 3 is 2.55 bits per heavy atom. The Hall–Kier alpha value is -3.32. The number of Topliss-reactive ketones (excluding diaryl/α,β-unsaturated/α-hetero) is 1. The van der Waals surface area contributed by atoms with Crippen LogP contribution in [0.15, 0.2) is 48.0 Å². The largest absolute Gasteiger partial charge is 0.508 e. The van der Waals surface area contributed by atoms with Crippen LogP contribution in [0.1, 0.15) is 35.6 Å². The molecule has 0 aliphatic carbocycles. The maximum Gasteiger partial charge on any atom is 0.295 e. The van der Waals surface area contributed by atoms with Crippen molar-refractivity contribution >= 4 is 17.4 Å². The van der Waals surface area contributed by atoms with Crippen LogP contribution in [0.2, 0.25) is 0 Å². The maximum absolute atomic E-state index is 13.1. The Balaban J connectivity index is 1.83. The number of likely N-dealkylation sites (tertiary alicyclic amines) is 1. The van der Waals surface area contributed by atoms with E-state index >= 15 is 0 Å². The number of ketones is 1.